The molecule has 0 atom stereocenters. The van der Waals surface area contributed by atoms with Crippen LogP contribution in [0.3, 0.4) is 0 Å². The lowest BCUT2D eigenvalue weighted by atomic mass is 9.88. The van der Waals surface area contributed by atoms with Crippen LogP contribution >= 0.6 is 0 Å². The van der Waals surface area contributed by atoms with Crippen molar-refractivity contribution in [3.8, 4) is 11.5 Å². The number of phenols is 1. The molecule has 1 saturated heterocycles. The van der Waals surface area contributed by atoms with Crippen LogP contribution in [0.1, 0.15) is 18.4 Å². The largest absolute Gasteiger partial charge is 0.508 e. The summed E-state index contributed by atoms with van der Waals surface area (Å²) in [5, 5.41) is 9.88. The summed E-state index contributed by atoms with van der Waals surface area (Å²) < 4.78 is 5.85. The fraction of sp³-hybridized carbons (Fsp3) is 0.300. The number of amides is 3. The van der Waals surface area contributed by atoms with Crippen molar-refractivity contribution in [1.29, 1.82) is 0 Å². The third-order valence-electron chi connectivity index (χ3n) is 4.91. The number of phenolic OH excluding ortho intramolecular Hbond substituents is 1. The van der Waals surface area contributed by atoms with Gasteiger partial charge in [-0.3, -0.25) is 9.69 Å². The van der Waals surface area contributed by atoms with E-state index in [0.717, 1.165) is 5.75 Å². The molecule has 1 N–H and O–H groups in total. The Balaban J connectivity index is 1.36. The lowest BCUT2D eigenvalue weighted by molar-refractivity contribution is -0.129. The number of nitrogens with zero attached hydrogens (tertiary/aromatic N) is 2. The summed E-state index contributed by atoms with van der Waals surface area (Å²) in [7, 11) is 0. The first kappa shape index (κ1) is 16.4. The average molecular weight is 352 g/mol. The monoisotopic (exact) mass is 352 g/mol. The van der Waals surface area contributed by atoms with E-state index in [1.54, 1.807) is 24.3 Å². The highest BCUT2D eigenvalue weighted by atomic mass is 16.5. The summed E-state index contributed by atoms with van der Waals surface area (Å²) >= 11 is 0. The van der Waals surface area contributed by atoms with E-state index in [1.165, 1.54) is 9.80 Å². The zero-order valence-electron chi connectivity index (χ0n) is 14.2. The van der Waals surface area contributed by atoms with Gasteiger partial charge in [0.15, 0.2) is 0 Å². The third kappa shape index (κ3) is 3.10. The summed E-state index contributed by atoms with van der Waals surface area (Å²) in [5.74, 6) is 0.746. The van der Waals surface area contributed by atoms with Crippen LogP contribution in [0.5, 0.6) is 11.5 Å². The minimum absolute atomic E-state index is 0.0233. The van der Waals surface area contributed by atoms with E-state index in [9.17, 15) is 14.7 Å². The smallest absolute Gasteiger partial charge is 0.327 e. The summed E-state index contributed by atoms with van der Waals surface area (Å²) in [4.78, 5) is 27.8. The SMILES string of the molecule is O=C1CN(Cc2ccccc2O)C(=O)N1C1CC(Oc2ccccc2)C1. The number of para-hydroxylation sites is 2. The van der Waals surface area contributed by atoms with Gasteiger partial charge in [-0.05, 0) is 18.2 Å². The number of benzene rings is 2. The van der Waals surface area contributed by atoms with Gasteiger partial charge in [0.2, 0.25) is 0 Å². The molecule has 6 heteroatoms. The minimum atomic E-state index is -0.290. The Hall–Kier alpha value is -3.02. The van der Waals surface area contributed by atoms with E-state index in [2.05, 4.69) is 0 Å². The molecule has 1 aliphatic carbocycles. The Morgan fingerprint density at radius 3 is 2.42 bits per heavy atom. The molecule has 2 aromatic carbocycles. The first-order valence-electron chi connectivity index (χ1n) is 8.71. The second-order valence-electron chi connectivity index (χ2n) is 6.71. The number of rotatable bonds is 5. The van der Waals surface area contributed by atoms with Crippen LogP contribution in [0, 0.1) is 0 Å². The predicted octanol–water partition coefficient (Wildman–Crippen LogP) is 2.77. The van der Waals surface area contributed by atoms with Crippen LogP contribution in [-0.2, 0) is 11.3 Å². The molecule has 4 rings (SSSR count). The van der Waals surface area contributed by atoms with Crippen LogP contribution in [0.2, 0.25) is 0 Å². The van der Waals surface area contributed by atoms with Crippen molar-refractivity contribution >= 4 is 11.9 Å². The fourth-order valence-electron chi connectivity index (χ4n) is 3.44. The molecule has 0 unspecified atom stereocenters. The Bertz CT molecular complexity index is 818. The highest BCUT2D eigenvalue weighted by Gasteiger charge is 2.46. The molecule has 0 spiro atoms. The number of imide groups is 1. The Labute approximate surface area is 151 Å². The maximum atomic E-state index is 12.6. The van der Waals surface area contributed by atoms with Gasteiger partial charge in [0.1, 0.15) is 24.1 Å². The molecule has 0 radical (unpaired) electrons. The molecule has 0 aromatic heterocycles. The predicted molar refractivity (Wildman–Crippen MR) is 94.6 cm³/mol. The van der Waals surface area contributed by atoms with E-state index >= 15 is 0 Å². The molecule has 0 bridgehead atoms. The lowest BCUT2D eigenvalue weighted by Gasteiger charge is -2.39. The maximum Gasteiger partial charge on any atom is 0.327 e. The number of carbonyl (C=O) groups excluding carboxylic acids is 2. The van der Waals surface area contributed by atoms with Crippen LogP contribution in [-0.4, -0.2) is 45.5 Å². The molecule has 134 valence electrons. The van der Waals surface area contributed by atoms with Gasteiger partial charge in [-0.25, -0.2) is 4.79 Å². The van der Waals surface area contributed by atoms with Gasteiger partial charge in [0.25, 0.3) is 5.91 Å². The van der Waals surface area contributed by atoms with E-state index in [-0.39, 0.29) is 42.9 Å². The number of aromatic hydroxyl groups is 1. The molecule has 2 fully saturated rings. The molecular weight excluding hydrogens is 332 g/mol. The molecule has 1 heterocycles. The number of ether oxygens (including phenoxy) is 1. The van der Waals surface area contributed by atoms with Crippen LogP contribution < -0.4 is 4.74 Å². The van der Waals surface area contributed by atoms with Crippen molar-refractivity contribution in [2.45, 2.75) is 31.5 Å². The second kappa shape index (κ2) is 6.71. The lowest BCUT2D eigenvalue weighted by Crippen LogP contribution is -2.52. The summed E-state index contributed by atoms with van der Waals surface area (Å²) in [6, 6.07) is 16.0. The zero-order chi connectivity index (χ0) is 18.1. The first-order valence-corrected chi connectivity index (χ1v) is 8.71. The van der Waals surface area contributed by atoms with Gasteiger partial charge >= 0.3 is 6.03 Å². The molecule has 2 aromatic rings. The van der Waals surface area contributed by atoms with Crippen molar-refractivity contribution in [3.63, 3.8) is 0 Å². The fourth-order valence-corrected chi connectivity index (χ4v) is 3.44. The van der Waals surface area contributed by atoms with Gasteiger partial charge in [-0.1, -0.05) is 36.4 Å². The van der Waals surface area contributed by atoms with E-state index in [4.69, 9.17) is 4.74 Å². The minimum Gasteiger partial charge on any atom is -0.508 e. The third-order valence-corrected chi connectivity index (χ3v) is 4.91. The molecule has 1 aliphatic heterocycles. The van der Waals surface area contributed by atoms with Gasteiger partial charge < -0.3 is 14.7 Å². The second-order valence-corrected chi connectivity index (χ2v) is 6.71. The zero-order valence-corrected chi connectivity index (χ0v) is 14.2. The van der Waals surface area contributed by atoms with E-state index in [0.29, 0.717) is 18.4 Å². The van der Waals surface area contributed by atoms with Gasteiger partial charge in [0, 0.05) is 24.4 Å². The standard InChI is InChI=1S/C20H20N2O4/c23-18-9-5-4-6-14(18)12-21-13-19(24)22(20(21)25)15-10-17(11-15)26-16-7-2-1-3-8-16/h1-9,15,17,23H,10-13H2. The number of urea groups is 1. The Morgan fingerprint density at radius 1 is 1.00 bits per heavy atom. The highest BCUT2D eigenvalue weighted by Crippen LogP contribution is 2.33. The van der Waals surface area contributed by atoms with Crippen molar-refractivity contribution < 1.29 is 19.4 Å². The Morgan fingerprint density at radius 2 is 1.69 bits per heavy atom. The summed E-state index contributed by atoms with van der Waals surface area (Å²) in [6.07, 6.45) is 1.32. The first-order chi connectivity index (χ1) is 12.6. The van der Waals surface area contributed by atoms with Gasteiger partial charge in [-0.15, -0.1) is 0 Å². The topological polar surface area (TPSA) is 70.1 Å². The van der Waals surface area contributed by atoms with E-state index < -0.39 is 0 Å². The Kier molecular flexibility index (Phi) is 4.24. The normalized spacial score (nSPS) is 22.5. The summed E-state index contributed by atoms with van der Waals surface area (Å²) in [6.45, 7) is 0.276. The molecule has 26 heavy (non-hydrogen) atoms. The number of hydrogen-bond donors (Lipinski definition) is 1. The van der Waals surface area contributed by atoms with Crippen molar-refractivity contribution in [1.82, 2.24) is 9.80 Å². The van der Waals surface area contributed by atoms with E-state index in [1.807, 2.05) is 30.3 Å². The van der Waals surface area contributed by atoms with Crippen molar-refractivity contribution in [2.24, 2.45) is 0 Å². The van der Waals surface area contributed by atoms with Gasteiger partial charge in [-0.2, -0.15) is 0 Å². The molecular formula is C20H20N2O4. The quantitative estimate of drug-likeness (QED) is 0.840. The average Bonchev–Trinajstić information content (AvgIpc) is 2.88. The molecule has 1 saturated carbocycles. The van der Waals surface area contributed by atoms with Crippen LogP contribution in [0.15, 0.2) is 54.6 Å². The van der Waals surface area contributed by atoms with Gasteiger partial charge in [0.05, 0.1) is 6.54 Å². The number of carbonyl (C=O) groups is 2. The summed E-state index contributed by atoms with van der Waals surface area (Å²) in [5.41, 5.74) is 0.634. The van der Waals surface area contributed by atoms with Crippen LogP contribution in [0.4, 0.5) is 4.79 Å². The molecule has 6 nitrogen and oxygen atoms in total. The molecule has 2 aliphatic rings. The number of hydrogen-bond acceptors (Lipinski definition) is 4. The molecule has 3 amide bonds. The van der Waals surface area contributed by atoms with Crippen molar-refractivity contribution in [2.75, 3.05) is 6.54 Å². The maximum absolute atomic E-state index is 12.6. The highest BCUT2D eigenvalue weighted by molar-refractivity contribution is 6.02. The van der Waals surface area contributed by atoms with Crippen molar-refractivity contribution in [3.05, 3.63) is 60.2 Å². The van der Waals surface area contributed by atoms with Crippen LogP contribution in [0.25, 0.3) is 0 Å².